The normalized spacial score (nSPS) is 18.3. The third kappa shape index (κ3) is 5.27. The number of hydrogen-bond donors (Lipinski definition) is 1. The minimum absolute atomic E-state index is 0. The second-order valence-electron chi connectivity index (χ2n) is 6.99. The molecule has 1 aromatic heterocycles. The zero-order valence-corrected chi connectivity index (χ0v) is 16.2. The van der Waals surface area contributed by atoms with Gasteiger partial charge < -0.3 is 9.84 Å². The highest BCUT2D eigenvalue weighted by atomic mass is 35.5. The Morgan fingerprint density at radius 3 is 2.72 bits per heavy atom. The summed E-state index contributed by atoms with van der Waals surface area (Å²) in [6.45, 7) is 10.2. The zero-order chi connectivity index (χ0) is 16.9. The van der Waals surface area contributed by atoms with Crippen LogP contribution in [0, 0.1) is 5.92 Å². The SMILES string of the molecule is CCc1ccc(C2CNCCN2Cc2nc(CC(C)C)no2)cc1.Cl. The molecule has 0 aliphatic carbocycles. The van der Waals surface area contributed by atoms with Gasteiger partial charge in [-0.3, -0.25) is 4.90 Å². The standard InChI is InChI=1S/C19H28N4O.ClH/c1-4-15-5-7-16(8-6-15)17-12-20-9-10-23(17)13-19-21-18(22-24-19)11-14(2)3;/h5-8,14,17,20H,4,9-13H2,1-3H3;1H. The van der Waals surface area contributed by atoms with Crippen molar-refractivity contribution in [3.8, 4) is 0 Å². The van der Waals surface area contributed by atoms with Crippen LogP contribution in [0.15, 0.2) is 28.8 Å². The van der Waals surface area contributed by atoms with E-state index in [2.05, 4.69) is 65.4 Å². The fourth-order valence-electron chi connectivity index (χ4n) is 3.22. The topological polar surface area (TPSA) is 54.2 Å². The van der Waals surface area contributed by atoms with Gasteiger partial charge in [-0.05, 0) is 23.5 Å². The molecule has 138 valence electrons. The third-order valence-electron chi connectivity index (χ3n) is 4.57. The van der Waals surface area contributed by atoms with E-state index < -0.39 is 0 Å². The van der Waals surface area contributed by atoms with Crippen LogP contribution in [0.4, 0.5) is 0 Å². The molecule has 0 saturated carbocycles. The van der Waals surface area contributed by atoms with E-state index >= 15 is 0 Å². The molecule has 5 nitrogen and oxygen atoms in total. The lowest BCUT2D eigenvalue weighted by Crippen LogP contribution is -2.45. The maximum atomic E-state index is 5.47. The number of hydrogen-bond acceptors (Lipinski definition) is 5. The van der Waals surface area contributed by atoms with Crippen LogP contribution >= 0.6 is 12.4 Å². The number of aromatic nitrogens is 2. The van der Waals surface area contributed by atoms with Gasteiger partial charge >= 0.3 is 0 Å². The summed E-state index contributed by atoms with van der Waals surface area (Å²) in [7, 11) is 0. The van der Waals surface area contributed by atoms with Gasteiger partial charge in [0, 0.05) is 32.1 Å². The fourth-order valence-corrected chi connectivity index (χ4v) is 3.22. The smallest absolute Gasteiger partial charge is 0.240 e. The molecule has 3 rings (SSSR count). The number of piperazine rings is 1. The molecular formula is C19H29ClN4O. The minimum atomic E-state index is 0. The first-order chi connectivity index (χ1) is 11.7. The van der Waals surface area contributed by atoms with Gasteiger partial charge in [0.25, 0.3) is 0 Å². The predicted octanol–water partition coefficient (Wildman–Crippen LogP) is 3.40. The summed E-state index contributed by atoms with van der Waals surface area (Å²) in [5.74, 6) is 2.08. The summed E-state index contributed by atoms with van der Waals surface area (Å²) >= 11 is 0. The van der Waals surface area contributed by atoms with Crippen molar-refractivity contribution in [3.05, 3.63) is 47.1 Å². The van der Waals surface area contributed by atoms with Crippen molar-refractivity contribution in [2.24, 2.45) is 5.92 Å². The number of nitrogens with zero attached hydrogens (tertiary/aromatic N) is 3. The van der Waals surface area contributed by atoms with Gasteiger partial charge in [0.05, 0.1) is 6.54 Å². The fraction of sp³-hybridized carbons (Fsp3) is 0.579. The largest absolute Gasteiger partial charge is 0.338 e. The molecule has 0 radical (unpaired) electrons. The first-order valence-electron chi connectivity index (χ1n) is 9.00. The van der Waals surface area contributed by atoms with E-state index in [-0.39, 0.29) is 12.4 Å². The molecule has 1 unspecified atom stereocenters. The van der Waals surface area contributed by atoms with Crippen LogP contribution in [-0.2, 0) is 19.4 Å². The quantitative estimate of drug-likeness (QED) is 0.851. The van der Waals surface area contributed by atoms with Crippen LogP contribution in [0.5, 0.6) is 0 Å². The maximum absolute atomic E-state index is 5.47. The average molecular weight is 365 g/mol. The van der Waals surface area contributed by atoms with Crippen molar-refractivity contribution in [3.63, 3.8) is 0 Å². The van der Waals surface area contributed by atoms with E-state index in [1.165, 1.54) is 11.1 Å². The highest BCUT2D eigenvalue weighted by molar-refractivity contribution is 5.85. The Balaban J connectivity index is 0.00000225. The molecule has 1 aliphatic rings. The van der Waals surface area contributed by atoms with Crippen molar-refractivity contribution in [2.75, 3.05) is 19.6 Å². The van der Waals surface area contributed by atoms with Gasteiger partial charge in [-0.1, -0.05) is 50.2 Å². The molecule has 2 aromatic rings. The third-order valence-corrected chi connectivity index (χ3v) is 4.57. The van der Waals surface area contributed by atoms with Gasteiger partial charge in [0.1, 0.15) is 0 Å². The first kappa shape index (κ1) is 19.9. The van der Waals surface area contributed by atoms with E-state index in [9.17, 15) is 0 Å². The zero-order valence-electron chi connectivity index (χ0n) is 15.4. The van der Waals surface area contributed by atoms with Gasteiger partial charge in [0.15, 0.2) is 5.82 Å². The number of halogens is 1. The highest BCUT2D eigenvalue weighted by Crippen LogP contribution is 2.24. The average Bonchev–Trinajstić information content (AvgIpc) is 3.02. The van der Waals surface area contributed by atoms with Gasteiger partial charge in [-0.15, -0.1) is 12.4 Å². The maximum Gasteiger partial charge on any atom is 0.240 e. The predicted molar refractivity (Wildman–Crippen MR) is 102 cm³/mol. The summed E-state index contributed by atoms with van der Waals surface area (Å²) in [5.41, 5.74) is 2.73. The monoisotopic (exact) mass is 364 g/mol. The molecular weight excluding hydrogens is 336 g/mol. The molecule has 1 aromatic carbocycles. The molecule has 0 bridgehead atoms. The van der Waals surface area contributed by atoms with Crippen LogP contribution < -0.4 is 5.32 Å². The van der Waals surface area contributed by atoms with E-state index in [1.807, 2.05) is 0 Å². The van der Waals surface area contributed by atoms with Gasteiger partial charge in [-0.2, -0.15) is 4.98 Å². The van der Waals surface area contributed by atoms with Crippen molar-refractivity contribution < 1.29 is 4.52 Å². The first-order valence-corrected chi connectivity index (χ1v) is 9.00. The number of aryl methyl sites for hydroxylation is 1. The second kappa shape index (κ2) is 9.32. The van der Waals surface area contributed by atoms with Crippen molar-refractivity contribution in [1.82, 2.24) is 20.4 Å². The lowest BCUT2D eigenvalue weighted by atomic mass is 10.0. The van der Waals surface area contributed by atoms with Crippen LogP contribution in [-0.4, -0.2) is 34.7 Å². The Bertz CT molecular complexity index is 641. The Morgan fingerprint density at radius 1 is 1.28 bits per heavy atom. The molecule has 1 fully saturated rings. The van der Waals surface area contributed by atoms with Crippen molar-refractivity contribution in [2.45, 2.75) is 46.2 Å². The highest BCUT2D eigenvalue weighted by Gasteiger charge is 2.25. The summed E-state index contributed by atoms with van der Waals surface area (Å²) < 4.78 is 5.47. The molecule has 1 atom stereocenters. The summed E-state index contributed by atoms with van der Waals surface area (Å²) in [6, 6.07) is 9.32. The van der Waals surface area contributed by atoms with E-state index in [0.29, 0.717) is 18.5 Å². The lowest BCUT2D eigenvalue weighted by Gasteiger charge is -2.35. The number of rotatable bonds is 6. The summed E-state index contributed by atoms with van der Waals surface area (Å²) in [5, 5.41) is 7.61. The van der Waals surface area contributed by atoms with Crippen LogP contribution in [0.2, 0.25) is 0 Å². The lowest BCUT2D eigenvalue weighted by molar-refractivity contribution is 0.135. The van der Waals surface area contributed by atoms with E-state index in [0.717, 1.165) is 44.2 Å². The molecule has 1 saturated heterocycles. The Morgan fingerprint density at radius 2 is 2.04 bits per heavy atom. The van der Waals surface area contributed by atoms with Crippen LogP contribution in [0.1, 0.15) is 49.7 Å². The van der Waals surface area contributed by atoms with Crippen molar-refractivity contribution in [1.29, 1.82) is 0 Å². The van der Waals surface area contributed by atoms with Gasteiger partial charge in [-0.25, -0.2) is 0 Å². The Labute approximate surface area is 156 Å². The summed E-state index contributed by atoms with van der Waals surface area (Å²) in [6.07, 6.45) is 1.94. The molecule has 25 heavy (non-hydrogen) atoms. The van der Waals surface area contributed by atoms with E-state index in [4.69, 9.17) is 4.52 Å². The number of benzene rings is 1. The molecule has 0 spiro atoms. The van der Waals surface area contributed by atoms with Crippen LogP contribution in [0.3, 0.4) is 0 Å². The Hall–Kier alpha value is -1.43. The Kier molecular flexibility index (Phi) is 7.41. The molecule has 2 heterocycles. The second-order valence-corrected chi connectivity index (χ2v) is 6.99. The van der Waals surface area contributed by atoms with Gasteiger partial charge in [0.2, 0.25) is 5.89 Å². The molecule has 1 N–H and O–H groups in total. The van der Waals surface area contributed by atoms with E-state index in [1.54, 1.807) is 0 Å². The minimum Gasteiger partial charge on any atom is -0.338 e. The molecule has 0 amide bonds. The van der Waals surface area contributed by atoms with Crippen LogP contribution in [0.25, 0.3) is 0 Å². The number of nitrogens with one attached hydrogen (secondary N) is 1. The molecule has 1 aliphatic heterocycles. The van der Waals surface area contributed by atoms with Crippen molar-refractivity contribution >= 4 is 12.4 Å². The summed E-state index contributed by atoms with van der Waals surface area (Å²) in [4.78, 5) is 6.99. The molecule has 6 heteroatoms.